The summed E-state index contributed by atoms with van der Waals surface area (Å²) in [6.45, 7) is 7.49. The summed E-state index contributed by atoms with van der Waals surface area (Å²) >= 11 is 0. The van der Waals surface area contributed by atoms with Crippen molar-refractivity contribution in [3.63, 3.8) is 0 Å². The van der Waals surface area contributed by atoms with Gasteiger partial charge in [0.2, 0.25) is 0 Å². The third kappa shape index (κ3) is 7.81. The van der Waals surface area contributed by atoms with E-state index in [-0.39, 0.29) is 24.0 Å². The number of pyridine rings is 2. The van der Waals surface area contributed by atoms with Crippen LogP contribution in [0.5, 0.6) is 17.2 Å². The summed E-state index contributed by atoms with van der Waals surface area (Å²) < 4.78 is 23.9. The number of nitrogens with zero attached hydrogens (tertiary/aromatic N) is 4. The molecular formula is C33H44N4O7. The van der Waals surface area contributed by atoms with E-state index in [4.69, 9.17) is 18.9 Å². The zero-order chi connectivity index (χ0) is 32.0. The molecule has 44 heavy (non-hydrogen) atoms. The van der Waals surface area contributed by atoms with Crippen molar-refractivity contribution in [1.82, 2.24) is 19.4 Å². The number of aromatic nitrogens is 2. The minimum absolute atomic E-state index is 0.0315. The van der Waals surface area contributed by atoms with Gasteiger partial charge in [-0.3, -0.25) is 14.2 Å². The highest BCUT2D eigenvalue weighted by molar-refractivity contribution is 6.01. The molecule has 0 spiro atoms. The molecule has 0 aliphatic carbocycles. The monoisotopic (exact) mass is 608 g/mol. The van der Waals surface area contributed by atoms with Crippen LogP contribution < -0.4 is 19.8 Å². The van der Waals surface area contributed by atoms with Gasteiger partial charge in [0.25, 0.3) is 11.5 Å². The molecule has 11 nitrogen and oxygen atoms in total. The van der Waals surface area contributed by atoms with Gasteiger partial charge >= 0.3 is 6.09 Å². The fourth-order valence-electron chi connectivity index (χ4n) is 5.45. The van der Waals surface area contributed by atoms with Crippen LogP contribution in [0.2, 0.25) is 0 Å². The van der Waals surface area contributed by atoms with Gasteiger partial charge in [-0.15, -0.1) is 0 Å². The molecule has 1 aliphatic heterocycles. The Kier molecular flexibility index (Phi) is 10.4. The Morgan fingerprint density at radius 2 is 1.73 bits per heavy atom. The van der Waals surface area contributed by atoms with Gasteiger partial charge in [0.15, 0.2) is 0 Å². The van der Waals surface area contributed by atoms with Gasteiger partial charge in [0.1, 0.15) is 34.1 Å². The normalized spacial score (nSPS) is 13.9. The molecule has 2 aromatic heterocycles. The lowest BCUT2D eigenvalue weighted by atomic mass is 9.92. The molecule has 0 N–H and O–H groups in total. The second-order valence-corrected chi connectivity index (χ2v) is 12.2. The molecule has 1 fully saturated rings. The summed E-state index contributed by atoms with van der Waals surface area (Å²) in [5.41, 5.74) is 0.216. The maximum absolute atomic E-state index is 13.9. The van der Waals surface area contributed by atoms with Crippen molar-refractivity contribution in [2.45, 2.75) is 58.6 Å². The van der Waals surface area contributed by atoms with Crippen LogP contribution in [0.3, 0.4) is 0 Å². The standard InChI is InChI=1S/C33H44N4O7/c1-33(2,3)44-32(40)37-15-12-22(13-16-37)10-9-17-43-28-26-11-8-14-34-29(26)36(5)31(39)27(28)30(38)35(4)21-23-18-24(41-6)20-25(19-23)42-7/h8,11,14,18-20,22H,9-10,12-13,15-17,21H2,1-7H3. The van der Waals surface area contributed by atoms with E-state index in [0.29, 0.717) is 48.1 Å². The van der Waals surface area contributed by atoms with Gasteiger partial charge in [0.05, 0.1) is 26.2 Å². The van der Waals surface area contributed by atoms with Crippen molar-refractivity contribution in [1.29, 1.82) is 0 Å². The molecule has 3 heterocycles. The maximum Gasteiger partial charge on any atom is 0.410 e. The predicted molar refractivity (Wildman–Crippen MR) is 168 cm³/mol. The second-order valence-electron chi connectivity index (χ2n) is 12.2. The van der Waals surface area contributed by atoms with Gasteiger partial charge in [-0.1, -0.05) is 0 Å². The third-order valence-corrected chi connectivity index (χ3v) is 7.76. The third-order valence-electron chi connectivity index (χ3n) is 7.76. The van der Waals surface area contributed by atoms with E-state index in [2.05, 4.69) is 4.98 Å². The summed E-state index contributed by atoms with van der Waals surface area (Å²) in [6, 6.07) is 8.98. The number of likely N-dealkylation sites (tertiary alicyclic amines) is 1. The Hall–Kier alpha value is -4.28. The lowest BCUT2D eigenvalue weighted by Gasteiger charge is -2.33. The molecule has 0 atom stereocenters. The lowest BCUT2D eigenvalue weighted by Crippen LogP contribution is -2.41. The number of carbonyl (C=O) groups is 2. The van der Waals surface area contributed by atoms with Crippen LogP contribution in [0.15, 0.2) is 41.3 Å². The number of methoxy groups -OCH3 is 2. The first-order chi connectivity index (χ1) is 20.9. The maximum atomic E-state index is 13.9. The lowest BCUT2D eigenvalue weighted by molar-refractivity contribution is 0.0179. The number of fused-ring (bicyclic) bond motifs is 1. The van der Waals surface area contributed by atoms with Crippen molar-refractivity contribution in [3.05, 3.63) is 58.0 Å². The van der Waals surface area contributed by atoms with E-state index < -0.39 is 17.1 Å². The molecule has 1 aromatic carbocycles. The molecule has 4 rings (SSSR count). The van der Waals surface area contributed by atoms with Crippen LogP contribution in [-0.2, 0) is 18.3 Å². The van der Waals surface area contributed by atoms with E-state index in [9.17, 15) is 14.4 Å². The van der Waals surface area contributed by atoms with E-state index in [0.717, 1.165) is 31.2 Å². The number of hydrogen-bond donors (Lipinski definition) is 0. The smallest absolute Gasteiger partial charge is 0.410 e. The Labute approximate surface area is 258 Å². The first-order valence-electron chi connectivity index (χ1n) is 15.0. The number of carbonyl (C=O) groups excluding carboxylic acids is 2. The molecule has 1 aliphatic rings. The zero-order valence-electron chi connectivity index (χ0n) is 26.8. The largest absolute Gasteiger partial charge is 0.497 e. The minimum Gasteiger partial charge on any atom is -0.497 e. The van der Waals surface area contributed by atoms with E-state index in [1.807, 2.05) is 39.0 Å². The van der Waals surface area contributed by atoms with Gasteiger partial charge in [-0.2, -0.15) is 0 Å². The topological polar surface area (TPSA) is 112 Å². The molecule has 1 saturated heterocycles. The van der Waals surface area contributed by atoms with E-state index in [1.54, 1.807) is 51.5 Å². The number of aryl methyl sites for hydroxylation is 1. The molecular weight excluding hydrogens is 564 g/mol. The Bertz CT molecular complexity index is 1520. The number of rotatable bonds is 10. The predicted octanol–water partition coefficient (Wildman–Crippen LogP) is 5.03. The average molecular weight is 609 g/mol. The second kappa shape index (κ2) is 14.0. The average Bonchev–Trinajstić information content (AvgIpc) is 3.00. The van der Waals surface area contributed by atoms with Crippen molar-refractivity contribution >= 4 is 23.0 Å². The Morgan fingerprint density at radius 3 is 2.34 bits per heavy atom. The Balaban J connectivity index is 1.47. The van der Waals surface area contributed by atoms with Crippen LogP contribution in [0.25, 0.3) is 11.0 Å². The van der Waals surface area contributed by atoms with E-state index >= 15 is 0 Å². The van der Waals surface area contributed by atoms with Gasteiger partial charge in [-0.05, 0) is 82.2 Å². The number of amides is 2. The molecule has 0 bridgehead atoms. The minimum atomic E-state index is -0.513. The van der Waals surface area contributed by atoms with Crippen LogP contribution in [0, 0.1) is 5.92 Å². The quantitative estimate of drug-likeness (QED) is 0.295. The summed E-state index contributed by atoms with van der Waals surface area (Å²) in [6.07, 6.45) is 4.77. The highest BCUT2D eigenvalue weighted by Crippen LogP contribution is 2.30. The molecule has 0 saturated carbocycles. The first-order valence-corrected chi connectivity index (χ1v) is 15.0. The van der Waals surface area contributed by atoms with Crippen molar-refractivity contribution < 1.29 is 28.5 Å². The number of hydrogen-bond acceptors (Lipinski definition) is 8. The van der Waals surface area contributed by atoms with Crippen LogP contribution in [0.4, 0.5) is 4.79 Å². The zero-order valence-corrected chi connectivity index (χ0v) is 26.8. The fourth-order valence-corrected chi connectivity index (χ4v) is 5.45. The molecule has 2 amide bonds. The number of benzene rings is 1. The SMILES string of the molecule is COc1cc(CN(C)C(=O)c2c(OCCCC3CCN(C(=O)OC(C)(C)C)CC3)c3cccnc3n(C)c2=O)cc(OC)c1. The van der Waals surface area contributed by atoms with Gasteiger partial charge < -0.3 is 28.7 Å². The van der Waals surface area contributed by atoms with Crippen LogP contribution in [-0.4, -0.2) is 77.9 Å². The first kappa shape index (κ1) is 32.6. The summed E-state index contributed by atoms with van der Waals surface area (Å²) in [5.74, 6) is 1.45. The van der Waals surface area contributed by atoms with Gasteiger partial charge in [0, 0.05) is 46.0 Å². The van der Waals surface area contributed by atoms with Crippen LogP contribution in [0.1, 0.15) is 62.4 Å². The number of ether oxygens (including phenoxy) is 4. The van der Waals surface area contributed by atoms with E-state index in [1.165, 1.54) is 9.47 Å². The highest BCUT2D eigenvalue weighted by atomic mass is 16.6. The van der Waals surface area contributed by atoms with Crippen molar-refractivity contribution in [2.75, 3.05) is 41.0 Å². The molecule has 0 radical (unpaired) electrons. The van der Waals surface area contributed by atoms with Crippen LogP contribution >= 0.6 is 0 Å². The van der Waals surface area contributed by atoms with Crippen molar-refractivity contribution in [3.8, 4) is 17.2 Å². The highest BCUT2D eigenvalue weighted by Gasteiger charge is 2.28. The summed E-state index contributed by atoms with van der Waals surface area (Å²) in [7, 11) is 6.39. The molecule has 3 aromatic rings. The van der Waals surface area contributed by atoms with Gasteiger partial charge in [-0.25, -0.2) is 9.78 Å². The fraction of sp³-hybridized carbons (Fsp3) is 0.515. The molecule has 238 valence electrons. The Morgan fingerprint density at radius 1 is 1.07 bits per heavy atom. The summed E-state index contributed by atoms with van der Waals surface area (Å²) in [5, 5.41) is 0.597. The molecule has 0 unspecified atom stereocenters. The molecule has 11 heteroatoms. The summed E-state index contributed by atoms with van der Waals surface area (Å²) in [4.78, 5) is 47.5. The number of piperidine rings is 1. The van der Waals surface area contributed by atoms with Crippen molar-refractivity contribution in [2.24, 2.45) is 13.0 Å².